The summed E-state index contributed by atoms with van der Waals surface area (Å²) >= 11 is 0. The van der Waals surface area contributed by atoms with Gasteiger partial charge in [-0.05, 0) is 37.5 Å². The van der Waals surface area contributed by atoms with E-state index in [9.17, 15) is 8.42 Å². The smallest absolute Gasteiger partial charge is 0.200 e. The predicted octanol–water partition coefficient (Wildman–Crippen LogP) is 3.50. The fourth-order valence-electron chi connectivity index (χ4n) is 3.01. The van der Waals surface area contributed by atoms with Gasteiger partial charge in [-0.25, -0.2) is 8.42 Å². The minimum Gasteiger partial charge on any atom is -0.365 e. The second kappa shape index (κ2) is 7.30. The molecule has 0 saturated heterocycles. The highest BCUT2D eigenvalue weighted by Gasteiger charge is 2.30. The van der Waals surface area contributed by atoms with Crippen LogP contribution in [0.2, 0.25) is 0 Å². The SMILES string of the molecule is Cc1ccc(CNc2ccc(S(=O)(=O)C3CCCCC3)nn2)cc1. The predicted molar refractivity (Wildman–Crippen MR) is 94.6 cm³/mol. The third-order valence-electron chi connectivity index (χ3n) is 4.52. The molecule has 1 heterocycles. The monoisotopic (exact) mass is 345 g/mol. The van der Waals surface area contributed by atoms with Crippen LogP contribution < -0.4 is 5.32 Å². The van der Waals surface area contributed by atoms with Gasteiger partial charge in [0.2, 0.25) is 0 Å². The van der Waals surface area contributed by atoms with Crippen molar-refractivity contribution in [2.75, 3.05) is 5.32 Å². The molecule has 1 N–H and O–H groups in total. The van der Waals surface area contributed by atoms with Crippen LogP contribution in [0.1, 0.15) is 43.2 Å². The summed E-state index contributed by atoms with van der Waals surface area (Å²) < 4.78 is 25.2. The Balaban J connectivity index is 1.65. The summed E-state index contributed by atoms with van der Waals surface area (Å²) in [7, 11) is -3.35. The van der Waals surface area contributed by atoms with Gasteiger partial charge in [0.1, 0.15) is 5.82 Å². The molecule has 1 aromatic heterocycles. The normalized spacial score (nSPS) is 16.0. The molecular formula is C18H23N3O2S. The van der Waals surface area contributed by atoms with E-state index in [0.717, 1.165) is 37.7 Å². The molecule has 1 aliphatic carbocycles. The first-order valence-electron chi connectivity index (χ1n) is 8.43. The maximum absolute atomic E-state index is 12.6. The molecule has 5 nitrogen and oxygen atoms in total. The van der Waals surface area contributed by atoms with Gasteiger partial charge in [0.15, 0.2) is 14.9 Å². The quantitative estimate of drug-likeness (QED) is 0.898. The Morgan fingerprint density at radius 1 is 1.00 bits per heavy atom. The summed E-state index contributed by atoms with van der Waals surface area (Å²) in [5.74, 6) is 0.582. The average Bonchev–Trinajstić information content (AvgIpc) is 2.62. The molecule has 0 aliphatic heterocycles. The molecule has 24 heavy (non-hydrogen) atoms. The van der Waals surface area contributed by atoms with Crippen LogP contribution in [0.25, 0.3) is 0 Å². The van der Waals surface area contributed by atoms with Gasteiger partial charge in [-0.15, -0.1) is 10.2 Å². The Kier molecular flexibility index (Phi) is 5.14. The van der Waals surface area contributed by atoms with Gasteiger partial charge >= 0.3 is 0 Å². The van der Waals surface area contributed by atoms with Crippen LogP contribution in [-0.2, 0) is 16.4 Å². The summed E-state index contributed by atoms with van der Waals surface area (Å²) in [6.45, 7) is 2.68. The molecule has 3 rings (SSSR count). The van der Waals surface area contributed by atoms with E-state index in [-0.39, 0.29) is 10.3 Å². The maximum Gasteiger partial charge on any atom is 0.200 e. The third-order valence-corrected chi connectivity index (χ3v) is 6.67. The Labute approximate surface area is 143 Å². The number of aromatic nitrogens is 2. The van der Waals surface area contributed by atoms with Crippen molar-refractivity contribution in [2.24, 2.45) is 0 Å². The van der Waals surface area contributed by atoms with Crippen molar-refractivity contribution >= 4 is 15.7 Å². The molecule has 6 heteroatoms. The van der Waals surface area contributed by atoms with Gasteiger partial charge in [0.25, 0.3) is 0 Å². The van der Waals surface area contributed by atoms with Crippen LogP contribution in [0.5, 0.6) is 0 Å². The number of nitrogens with one attached hydrogen (secondary N) is 1. The fraction of sp³-hybridized carbons (Fsp3) is 0.444. The number of anilines is 1. The lowest BCUT2D eigenvalue weighted by molar-refractivity contribution is 0.481. The van der Waals surface area contributed by atoms with Crippen LogP contribution in [-0.4, -0.2) is 23.9 Å². The molecule has 128 valence electrons. The Hall–Kier alpha value is -1.95. The van der Waals surface area contributed by atoms with E-state index in [1.165, 1.54) is 5.56 Å². The molecule has 0 atom stereocenters. The first-order valence-corrected chi connectivity index (χ1v) is 9.97. The molecule has 0 spiro atoms. The van der Waals surface area contributed by atoms with Crippen LogP contribution in [0.15, 0.2) is 41.4 Å². The summed E-state index contributed by atoms with van der Waals surface area (Å²) in [6, 6.07) is 11.5. The number of hydrogen-bond acceptors (Lipinski definition) is 5. The number of sulfone groups is 1. The van der Waals surface area contributed by atoms with E-state index in [2.05, 4.69) is 39.8 Å². The highest BCUT2D eigenvalue weighted by atomic mass is 32.2. The van der Waals surface area contributed by atoms with E-state index in [0.29, 0.717) is 12.4 Å². The van der Waals surface area contributed by atoms with Crippen LogP contribution in [0, 0.1) is 6.92 Å². The van der Waals surface area contributed by atoms with Crippen molar-refractivity contribution in [1.29, 1.82) is 0 Å². The van der Waals surface area contributed by atoms with Gasteiger partial charge in [0.05, 0.1) is 5.25 Å². The molecule has 1 aromatic carbocycles. The first kappa shape index (κ1) is 16.9. The number of nitrogens with zero attached hydrogens (tertiary/aromatic N) is 2. The maximum atomic E-state index is 12.6. The highest BCUT2D eigenvalue weighted by Crippen LogP contribution is 2.27. The topological polar surface area (TPSA) is 72.0 Å². The van der Waals surface area contributed by atoms with E-state index >= 15 is 0 Å². The summed E-state index contributed by atoms with van der Waals surface area (Å²) in [5.41, 5.74) is 2.36. The molecule has 0 unspecified atom stereocenters. The summed E-state index contributed by atoms with van der Waals surface area (Å²) in [5, 5.41) is 10.9. The second-order valence-electron chi connectivity index (χ2n) is 6.40. The molecular weight excluding hydrogens is 322 g/mol. The van der Waals surface area contributed by atoms with E-state index in [1.807, 2.05) is 6.92 Å². The van der Waals surface area contributed by atoms with Crippen molar-refractivity contribution in [3.8, 4) is 0 Å². The zero-order valence-electron chi connectivity index (χ0n) is 13.9. The van der Waals surface area contributed by atoms with Crippen LogP contribution in [0.4, 0.5) is 5.82 Å². The van der Waals surface area contributed by atoms with Crippen molar-refractivity contribution in [1.82, 2.24) is 10.2 Å². The lowest BCUT2D eigenvalue weighted by atomic mass is 10.0. The Morgan fingerprint density at radius 2 is 1.71 bits per heavy atom. The third kappa shape index (κ3) is 3.93. The van der Waals surface area contributed by atoms with Gasteiger partial charge in [0, 0.05) is 6.54 Å². The van der Waals surface area contributed by atoms with Gasteiger partial charge in [-0.2, -0.15) is 0 Å². The molecule has 1 saturated carbocycles. The fourth-order valence-corrected chi connectivity index (χ4v) is 4.72. The van der Waals surface area contributed by atoms with Crippen molar-refractivity contribution in [3.05, 3.63) is 47.5 Å². The van der Waals surface area contributed by atoms with Crippen LogP contribution >= 0.6 is 0 Å². The molecule has 0 bridgehead atoms. The first-order chi connectivity index (χ1) is 11.6. The Morgan fingerprint density at radius 3 is 2.33 bits per heavy atom. The molecule has 2 aromatic rings. The number of benzene rings is 1. The number of hydrogen-bond donors (Lipinski definition) is 1. The van der Waals surface area contributed by atoms with Crippen molar-refractivity contribution < 1.29 is 8.42 Å². The largest absolute Gasteiger partial charge is 0.365 e. The molecule has 0 amide bonds. The van der Waals surface area contributed by atoms with Gasteiger partial charge in [-0.1, -0.05) is 49.1 Å². The molecule has 1 fully saturated rings. The number of aryl methyl sites for hydroxylation is 1. The van der Waals surface area contributed by atoms with Gasteiger partial charge < -0.3 is 5.32 Å². The van der Waals surface area contributed by atoms with E-state index in [4.69, 9.17) is 0 Å². The highest BCUT2D eigenvalue weighted by molar-refractivity contribution is 7.92. The lowest BCUT2D eigenvalue weighted by Gasteiger charge is -2.20. The van der Waals surface area contributed by atoms with Crippen molar-refractivity contribution in [2.45, 2.75) is 55.8 Å². The van der Waals surface area contributed by atoms with Gasteiger partial charge in [-0.3, -0.25) is 0 Å². The number of rotatable bonds is 5. The standard InChI is InChI=1S/C18H23N3O2S/c1-14-7-9-15(10-8-14)13-19-17-11-12-18(21-20-17)24(22,23)16-5-3-2-4-6-16/h7-12,16H,2-6,13H2,1H3,(H,19,20). The minimum absolute atomic E-state index is 0.0929. The van der Waals surface area contributed by atoms with E-state index < -0.39 is 9.84 Å². The zero-order chi connectivity index (χ0) is 17.0. The average molecular weight is 345 g/mol. The van der Waals surface area contributed by atoms with E-state index in [1.54, 1.807) is 12.1 Å². The zero-order valence-corrected chi connectivity index (χ0v) is 14.7. The van der Waals surface area contributed by atoms with Crippen molar-refractivity contribution in [3.63, 3.8) is 0 Å². The summed E-state index contributed by atoms with van der Waals surface area (Å²) in [4.78, 5) is 0. The second-order valence-corrected chi connectivity index (χ2v) is 8.58. The minimum atomic E-state index is -3.35. The molecule has 1 aliphatic rings. The molecule has 0 radical (unpaired) electrons. The lowest BCUT2D eigenvalue weighted by Crippen LogP contribution is -2.25. The van der Waals surface area contributed by atoms with Crippen LogP contribution in [0.3, 0.4) is 0 Å². The Bertz CT molecular complexity index is 765. The summed E-state index contributed by atoms with van der Waals surface area (Å²) in [6.07, 6.45) is 4.55.